The van der Waals surface area contributed by atoms with Gasteiger partial charge in [0.05, 0.1) is 28.8 Å². The van der Waals surface area contributed by atoms with Crippen LogP contribution in [-0.2, 0) is 16.2 Å². The SMILES string of the molecule is O=S(=O)(Nc1c(Cl)cccc1C(F)(F)F)c1cnc[nH]1. The fourth-order valence-corrected chi connectivity index (χ4v) is 2.73. The maximum atomic E-state index is 12.8. The van der Waals surface area contributed by atoms with Crippen molar-refractivity contribution in [3.63, 3.8) is 0 Å². The molecule has 0 amide bonds. The van der Waals surface area contributed by atoms with E-state index in [1.165, 1.54) is 0 Å². The van der Waals surface area contributed by atoms with Gasteiger partial charge in [-0.2, -0.15) is 21.6 Å². The molecule has 0 atom stereocenters. The number of aromatic nitrogens is 2. The van der Waals surface area contributed by atoms with Crippen molar-refractivity contribution in [2.45, 2.75) is 11.2 Å². The zero-order valence-electron chi connectivity index (χ0n) is 9.57. The van der Waals surface area contributed by atoms with Gasteiger partial charge in [-0.3, -0.25) is 4.72 Å². The van der Waals surface area contributed by atoms with Gasteiger partial charge in [0.25, 0.3) is 10.0 Å². The third-order valence-corrected chi connectivity index (χ3v) is 3.91. The second-order valence-corrected chi connectivity index (χ2v) is 5.74. The second kappa shape index (κ2) is 4.98. The molecule has 1 aromatic carbocycles. The van der Waals surface area contributed by atoms with Crippen molar-refractivity contribution in [1.29, 1.82) is 0 Å². The molecule has 0 aliphatic rings. The van der Waals surface area contributed by atoms with Gasteiger partial charge in [0.2, 0.25) is 0 Å². The smallest absolute Gasteiger partial charge is 0.334 e. The Kier molecular flexibility index (Phi) is 3.65. The van der Waals surface area contributed by atoms with Gasteiger partial charge in [0.1, 0.15) is 0 Å². The maximum absolute atomic E-state index is 12.8. The minimum absolute atomic E-state index is 0.358. The van der Waals surface area contributed by atoms with Gasteiger partial charge in [-0.25, -0.2) is 4.98 Å². The normalized spacial score (nSPS) is 12.4. The van der Waals surface area contributed by atoms with Gasteiger partial charge in [-0.15, -0.1) is 0 Å². The molecule has 1 heterocycles. The van der Waals surface area contributed by atoms with Gasteiger partial charge < -0.3 is 4.98 Å². The summed E-state index contributed by atoms with van der Waals surface area (Å²) in [6, 6.07) is 2.97. The summed E-state index contributed by atoms with van der Waals surface area (Å²) < 4.78 is 64.1. The van der Waals surface area contributed by atoms with E-state index in [9.17, 15) is 21.6 Å². The quantitative estimate of drug-likeness (QED) is 0.911. The van der Waals surface area contributed by atoms with Crippen LogP contribution >= 0.6 is 11.6 Å². The van der Waals surface area contributed by atoms with Crippen molar-refractivity contribution >= 4 is 27.3 Å². The number of para-hydroxylation sites is 1. The van der Waals surface area contributed by atoms with E-state index in [2.05, 4.69) is 9.97 Å². The Morgan fingerprint density at radius 2 is 2.00 bits per heavy atom. The molecule has 0 fully saturated rings. The third kappa shape index (κ3) is 2.88. The number of imidazole rings is 1. The third-order valence-electron chi connectivity index (χ3n) is 2.32. The van der Waals surface area contributed by atoms with E-state index < -0.39 is 27.5 Å². The summed E-state index contributed by atoms with van der Waals surface area (Å²) in [5.41, 5.74) is -1.90. The summed E-state index contributed by atoms with van der Waals surface area (Å²) in [7, 11) is -4.23. The average Bonchev–Trinajstić information content (AvgIpc) is 2.84. The molecule has 2 rings (SSSR count). The Hall–Kier alpha value is -1.74. The van der Waals surface area contributed by atoms with E-state index in [1.807, 2.05) is 4.72 Å². The first-order valence-electron chi connectivity index (χ1n) is 5.09. The predicted molar refractivity (Wildman–Crippen MR) is 65.9 cm³/mol. The monoisotopic (exact) mass is 325 g/mol. The first-order chi connectivity index (χ1) is 9.22. The minimum Gasteiger partial charge on any atom is -0.334 e. The van der Waals surface area contributed by atoms with E-state index >= 15 is 0 Å². The van der Waals surface area contributed by atoms with Gasteiger partial charge in [0.15, 0.2) is 5.03 Å². The Morgan fingerprint density at radius 3 is 2.55 bits per heavy atom. The molecule has 2 N–H and O–H groups in total. The number of hydrogen-bond donors (Lipinski definition) is 2. The lowest BCUT2D eigenvalue weighted by atomic mass is 10.2. The Balaban J connectivity index is 2.50. The highest BCUT2D eigenvalue weighted by molar-refractivity contribution is 7.92. The van der Waals surface area contributed by atoms with E-state index in [1.54, 1.807) is 0 Å². The van der Waals surface area contributed by atoms with Gasteiger partial charge in [-0.1, -0.05) is 17.7 Å². The lowest BCUT2D eigenvalue weighted by Crippen LogP contribution is -2.18. The number of H-pyrrole nitrogens is 1. The number of halogens is 4. The molecular formula is C10H7ClF3N3O2S. The van der Waals surface area contributed by atoms with Crippen molar-refractivity contribution in [1.82, 2.24) is 9.97 Å². The molecular weight excluding hydrogens is 319 g/mol. The average molecular weight is 326 g/mol. The van der Waals surface area contributed by atoms with Crippen molar-refractivity contribution < 1.29 is 21.6 Å². The minimum atomic E-state index is -4.74. The largest absolute Gasteiger partial charge is 0.418 e. The fourth-order valence-electron chi connectivity index (χ4n) is 1.44. The van der Waals surface area contributed by atoms with Crippen LogP contribution in [0.4, 0.5) is 18.9 Å². The Labute approximate surface area is 116 Å². The van der Waals surface area contributed by atoms with Crippen molar-refractivity contribution in [3.8, 4) is 0 Å². The second-order valence-electron chi connectivity index (χ2n) is 3.68. The van der Waals surface area contributed by atoms with Crippen LogP contribution in [0.2, 0.25) is 5.02 Å². The molecule has 0 aliphatic carbocycles. The number of benzene rings is 1. The summed E-state index contributed by atoms with van der Waals surface area (Å²) in [6.07, 6.45) is -2.69. The molecule has 1 aromatic heterocycles. The van der Waals surface area contributed by atoms with E-state index in [0.717, 1.165) is 30.7 Å². The van der Waals surface area contributed by atoms with Gasteiger partial charge in [0, 0.05) is 0 Å². The summed E-state index contributed by atoms with van der Waals surface area (Å²) in [6.45, 7) is 0. The summed E-state index contributed by atoms with van der Waals surface area (Å²) in [5.74, 6) is 0. The Bertz CT molecular complexity index is 714. The molecule has 2 aromatic rings. The van der Waals surface area contributed by atoms with Crippen LogP contribution in [0.5, 0.6) is 0 Å². The highest BCUT2D eigenvalue weighted by Gasteiger charge is 2.35. The standard InChI is InChI=1S/C10H7ClF3N3O2S/c11-7-3-1-2-6(10(12,13)14)9(7)17-20(18,19)8-4-15-5-16-8/h1-5,17H,(H,15,16). The van der Waals surface area contributed by atoms with Crippen molar-refractivity contribution in [3.05, 3.63) is 41.3 Å². The van der Waals surface area contributed by atoms with Crippen LogP contribution in [0.25, 0.3) is 0 Å². The first kappa shape index (κ1) is 14.7. The number of sulfonamides is 1. The highest BCUT2D eigenvalue weighted by atomic mass is 35.5. The molecule has 0 bridgehead atoms. The summed E-state index contributed by atoms with van der Waals surface area (Å²) in [5, 5.41) is -0.728. The topological polar surface area (TPSA) is 74.8 Å². The number of nitrogens with one attached hydrogen (secondary N) is 2. The van der Waals surface area contributed by atoms with Crippen LogP contribution in [0.15, 0.2) is 35.7 Å². The Morgan fingerprint density at radius 1 is 1.30 bits per heavy atom. The number of rotatable bonds is 3. The molecule has 0 spiro atoms. The molecule has 0 radical (unpaired) electrons. The first-order valence-corrected chi connectivity index (χ1v) is 6.95. The van der Waals surface area contributed by atoms with E-state index in [-0.39, 0.29) is 10.0 Å². The summed E-state index contributed by atoms with van der Waals surface area (Å²) >= 11 is 5.65. The van der Waals surface area contributed by atoms with Crippen molar-refractivity contribution in [2.75, 3.05) is 4.72 Å². The fraction of sp³-hybridized carbons (Fsp3) is 0.100. The number of hydrogen-bond acceptors (Lipinski definition) is 3. The number of alkyl halides is 3. The highest BCUT2D eigenvalue weighted by Crippen LogP contribution is 2.39. The molecule has 5 nitrogen and oxygen atoms in total. The predicted octanol–water partition coefficient (Wildman–Crippen LogP) is 2.88. The zero-order valence-corrected chi connectivity index (χ0v) is 11.1. The van der Waals surface area contributed by atoms with E-state index in [0.29, 0.717) is 0 Å². The number of anilines is 1. The molecule has 10 heteroatoms. The maximum Gasteiger partial charge on any atom is 0.418 e. The van der Waals surface area contributed by atoms with Crippen LogP contribution < -0.4 is 4.72 Å². The molecule has 0 aliphatic heterocycles. The van der Waals surface area contributed by atoms with Crippen LogP contribution in [-0.4, -0.2) is 18.4 Å². The number of nitrogens with zero attached hydrogens (tertiary/aromatic N) is 1. The molecule has 0 saturated heterocycles. The molecule has 20 heavy (non-hydrogen) atoms. The van der Waals surface area contributed by atoms with Crippen LogP contribution in [0.3, 0.4) is 0 Å². The lowest BCUT2D eigenvalue weighted by Gasteiger charge is -2.15. The molecule has 0 unspecified atom stereocenters. The van der Waals surface area contributed by atoms with Gasteiger partial charge in [-0.05, 0) is 12.1 Å². The van der Waals surface area contributed by atoms with Crippen LogP contribution in [0.1, 0.15) is 5.56 Å². The van der Waals surface area contributed by atoms with Gasteiger partial charge >= 0.3 is 6.18 Å². The zero-order chi connectivity index (χ0) is 15.0. The lowest BCUT2D eigenvalue weighted by molar-refractivity contribution is -0.136. The van der Waals surface area contributed by atoms with Crippen molar-refractivity contribution in [2.24, 2.45) is 0 Å². The molecule has 108 valence electrons. The summed E-state index contributed by atoms with van der Waals surface area (Å²) in [4.78, 5) is 5.78. The molecule has 0 saturated carbocycles. The van der Waals surface area contributed by atoms with E-state index in [4.69, 9.17) is 11.6 Å². The number of aromatic amines is 1. The van der Waals surface area contributed by atoms with Crippen LogP contribution in [0, 0.1) is 0 Å².